The van der Waals surface area contributed by atoms with Gasteiger partial charge < -0.3 is 10.2 Å². The molecule has 17 heavy (non-hydrogen) atoms. The molecular weight excluding hydrogens is 288 g/mol. The van der Waals surface area contributed by atoms with Gasteiger partial charge >= 0.3 is 5.97 Å². The summed E-state index contributed by atoms with van der Waals surface area (Å²) in [5.41, 5.74) is 0. The lowest BCUT2D eigenvalue weighted by Crippen LogP contribution is -2.15. The summed E-state index contributed by atoms with van der Waals surface area (Å²) in [5.74, 6) is -1.20. The predicted octanol–water partition coefficient (Wildman–Crippen LogP) is 1.21. The first kappa shape index (κ1) is 16.1. The number of aliphatic carboxylic acids is 1. The largest absolute Gasteiger partial charge is 0.481 e. The fourth-order valence-electron chi connectivity index (χ4n) is 0.754. The maximum Gasteiger partial charge on any atom is 0.305 e. The number of aliphatic hydroxyl groups excluding tert-OH is 1. The Morgan fingerprint density at radius 3 is 2.12 bits per heavy atom. The molecule has 0 saturated carbocycles. The molecule has 0 spiro atoms. The maximum absolute atomic E-state index is 10.1. The minimum Gasteiger partial charge on any atom is -0.481 e. The molecule has 1 rings (SSSR count). The first-order valence-corrected chi connectivity index (χ1v) is 6.80. The second-order valence-corrected chi connectivity index (χ2v) is 5.30. The van der Waals surface area contributed by atoms with Crippen LogP contribution in [0.25, 0.3) is 0 Å². The van der Waals surface area contributed by atoms with Crippen molar-refractivity contribution in [2.75, 3.05) is 0 Å². The fraction of sp³-hybridized carbons (Fsp3) is 0.333. The van der Waals surface area contributed by atoms with Crippen molar-refractivity contribution >= 4 is 43.5 Å². The maximum atomic E-state index is 10.1. The highest BCUT2D eigenvalue weighted by Gasteiger charge is 2.12. The van der Waals surface area contributed by atoms with Gasteiger partial charge in [0.15, 0.2) is 0 Å². The third-order valence-corrected chi connectivity index (χ3v) is 3.10. The van der Waals surface area contributed by atoms with E-state index in [1.165, 1.54) is 0 Å². The average molecular weight is 299 g/mol. The molecule has 1 aromatic rings. The Hall–Kier alpha value is -0.890. The van der Waals surface area contributed by atoms with Crippen LogP contribution in [0.4, 0.5) is 0 Å². The molecule has 8 heteroatoms. The Kier molecular flexibility index (Phi) is 8.69. The van der Waals surface area contributed by atoms with Gasteiger partial charge in [-0.3, -0.25) is 4.79 Å². The van der Waals surface area contributed by atoms with E-state index in [0.29, 0.717) is 0 Å². The Morgan fingerprint density at radius 2 is 1.82 bits per heavy atom. The Labute approximate surface area is 109 Å². The number of aliphatic hydroxyl groups is 1. The molecule has 0 fully saturated rings. The highest BCUT2D eigenvalue weighted by atomic mass is 35.5. The molecule has 0 aliphatic heterocycles. The number of thiophene rings is 1. The molecule has 0 aliphatic rings. The number of carboxylic acid groups (broad SMARTS) is 1. The van der Waals surface area contributed by atoms with Gasteiger partial charge in [0.1, 0.15) is 4.32 Å². The van der Waals surface area contributed by atoms with E-state index < -0.39 is 33.1 Å². The van der Waals surface area contributed by atoms with Crippen LogP contribution in [0.15, 0.2) is 22.9 Å². The molecule has 1 heterocycles. The normalized spacial score (nSPS) is 10.9. The lowest BCUT2D eigenvalue weighted by Gasteiger charge is -2.02. The van der Waals surface area contributed by atoms with Gasteiger partial charge in [-0.2, -0.15) is 19.8 Å². The molecule has 0 aliphatic carbocycles. The van der Waals surface area contributed by atoms with Crippen LogP contribution < -0.4 is 0 Å². The van der Waals surface area contributed by atoms with Crippen molar-refractivity contribution in [2.45, 2.75) is 18.9 Å². The summed E-state index contributed by atoms with van der Waals surface area (Å²) in [6, 6.07) is 4.04. The van der Waals surface area contributed by atoms with Gasteiger partial charge in [-0.1, -0.05) is 23.7 Å². The van der Waals surface area contributed by atoms with Gasteiger partial charge in [-0.05, 0) is 10.8 Å². The van der Waals surface area contributed by atoms with Crippen LogP contribution in [-0.4, -0.2) is 35.0 Å². The number of hydrogen-bond donors (Lipinski definition) is 2. The summed E-state index contributed by atoms with van der Waals surface area (Å²) in [5, 5.41) is 21.1. The Balaban J connectivity index is 0.000000419. The van der Waals surface area contributed by atoms with Crippen LogP contribution in [0.5, 0.6) is 0 Å². The summed E-state index contributed by atoms with van der Waals surface area (Å²) < 4.78 is 19.7. The van der Waals surface area contributed by atoms with E-state index in [0.717, 1.165) is 0 Å². The van der Waals surface area contributed by atoms with Crippen molar-refractivity contribution in [3.63, 3.8) is 0 Å². The van der Waals surface area contributed by atoms with Crippen molar-refractivity contribution in [1.82, 2.24) is 0 Å². The molecule has 0 bridgehead atoms. The number of carboxylic acids is 1. The number of halogens is 1. The van der Waals surface area contributed by atoms with Crippen molar-refractivity contribution in [3.05, 3.63) is 22.9 Å². The molecule has 96 valence electrons. The highest BCUT2D eigenvalue weighted by molar-refractivity contribution is 7.76. The lowest BCUT2D eigenvalue weighted by molar-refractivity contribution is -0.139. The van der Waals surface area contributed by atoms with Crippen molar-refractivity contribution in [1.29, 1.82) is 0 Å². The van der Waals surface area contributed by atoms with Gasteiger partial charge in [0.05, 0.1) is 12.5 Å². The van der Waals surface area contributed by atoms with E-state index in [1.54, 1.807) is 11.3 Å². The predicted molar refractivity (Wildman–Crippen MR) is 67.0 cm³/mol. The molecule has 0 radical (unpaired) electrons. The summed E-state index contributed by atoms with van der Waals surface area (Å²) >= 11 is 6.86. The zero-order valence-corrected chi connectivity index (χ0v) is 11.0. The summed E-state index contributed by atoms with van der Waals surface area (Å²) in [7, 11) is -2.57. The van der Waals surface area contributed by atoms with E-state index in [1.807, 2.05) is 22.9 Å². The Bertz CT molecular complexity index is 427. The van der Waals surface area contributed by atoms with Gasteiger partial charge in [-0.15, -0.1) is 0 Å². The van der Waals surface area contributed by atoms with Gasteiger partial charge in [0.2, 0.25) is 10.3 Å². The smallest absolute Gasteiger partial charge is 0.305 e. The Morgan fingerprint density at radius 1 is 1.29 bits per heavy atom. The molecule has 0 amide bonds. The second kappa shape index (κ2) is 9.17. The van der Waals surface area contributed by atoms with Gasteiger partial charge in [-0.25, -0.2) is 0 Å². The highest BCUT2D eigenvalue weighted by Crippen LogP contribution is 2.01. The van der Waals surface area contributed by atoms with E-state index in [4.69, 9.17) is 21.8 Å². The van der Waals surface area contributed by atoms with Crippen molar-refractivity contribution < 1.29 is 23.4 Å². The van der Waals surface area contributed by atoms with Gasteiger partial charge in [0.25, 0.3) is 0 Å². The molecule has 1 atom stereocenters. The topological polar surface area (TPSA) is 91.7 Å². The molecule has 2 N–H and O–H groups in total. The second-order valence-electron chi connectivity index (χ2n) is 2.84. The monoisotopic (exact) mass is 298 g/mol. The van der Waals surface area contributed by atoms with E-state index in [9.17, 15) is 13.2 Å². The molecule has 0 saturated heterocycles. The molecule has 1 aromatic heterocycles. The van der Waals surface area contributed by atoms with Crippen LogP contribution in [0.1, 0.15) is 12.8 Å². The first-order chi connectivity index (χ1) is 7.93. The van der Waals surface area contributed by atoms with Gasteiger partial charge in [0, 0.05) is 6.42 Å². The number of rotatable bonds is 4. The van der Waals surface area contributed by atoms with Crippen LogP contribution >= 0.6 is 22.9 Å². The third kappa shape index (κ3) is 10.0. The van der Waals surface area contributed by atoms with E-state index >= 15 is 0 Å². The summed E-state index contributed by atoms with van der Waals surface area (Å²) in [4.78, 5) is 9.99. The van der Waals surface area contributed by atoms with Crippen LogP contribution in [0, 0.1) is 0 Å². The zero-order chi connectivity index (χ0) is 13.3. The molecular formula is C9H11ClO5S2. The van der Waals surface area contributed by atoms with Crippen LogP contribution in [-0.2, 0) is 15.1 Å². The summed E-state index contributed by atoms with van der Waals surface area (Å²) in [6.45, 7) is 0. The van der Waals surface area contributed by atoms with E-state index in [-0.39, 0.29) is 6.42 Å². The zero-order valence-electron chi connectivity index (χ0n) is 8.61. The fourth-order valence-corrected chi connectivity index (χ4v) is 1.71. The molecule has 1 unspecified atom stereocenters. The number of hydrogen-bond acceptors (Lipinski definition) is 5. The minimum atomic E-state index is -2.57. The van der Waals surface area contributed by atoms with E-state index in [2.05, 4.69) is 0 Å². The minimum absolute atomic E-state index is 0.357. The van der Waals surface area contributed by atoms with Crippen LogP contribution in [0.3, 0.4) is 0 Å². The van der Waals surface area contributed by atoms with Crippen molar-refractivity contribution in [3.8, 4) is 0 Å². The standard InChI is InChI=1S/C5H7ClO5S.C4H4S/c6-4(12(10)11)1-3(7)2-5(8)9;1-2-4-5-3-1/h3,7H,1-2H2,(H,8,9);1-4H. The number of carbonyl (C=O) groups is 1. The quantitative estimate of drug-likeness (QED) is 0.644. The third-order valence-electron chi connectivity index (χ3n) is 1.41. The average Bonchev–Trinajstić information content (AvgIpc) is 2.73. The van der Waals surface area contributed by atoms with Crippen molar-refractivity contribution in [2.24, 2.45) is 0 Å². The summed E-state index contributed by atoms with van der Waals surface area (Å²) in [6.07, 6.45) is -2.13. The molecule has 5 nitrogen and oxygen atoms in total. The SMILES string of the molecule is O=C(O)CC(O)CC(Cl)=S(=O)=O.c1ccsc1. The van der Waals surface area contributed by atoms with Crippen LogP contribution in [0.2, 0.25) is 0 Å². The molecule has 0 aromatic carbocycles. The first-order valence-electron chi connectivity index (χ1n) is 4.41. The lowest BCUT2D eigenvalue weighted by atomic mass is 10.2.